The van der Waals surface area contributed by atoms with Gasteiger partial charge in [-0.25, -0.2) is 0 Å². The van der Waals surface area contributed by atoms with E-state index in [-0.39, 0.29) is 6.61 Å². The van der Waals surface area contributed by atoms with Crippen molar-refractivity contribution < 1.29 is 5.11 Å². The van der Waals surface area contributed by atoms with Gasteiger partial charge in [0, 0.05) is 20.2 Å². The van der Waals surface area contributed by atoms with E-state index in [1.165, 1.54) is 0 Å². The number of H-pyrrole nitrogens is 1. The number of unbranched alkanes of at least 4 members (excludes halogenated alkanes) is 1. The van der Waals surface area contributed by atoms with E-state index in [9.17, 15) is 0 Å². The second kappa shape index (κ2) is 5.44. The van der Waals surface area contributed by atoms with Crippen molar-refractivity contribution in [2.24, 2.45) is 0 Å². The largest absolute Gasteiger partial charge is 0.396 e. The highest BCUT2D eigenvalue weighted by Gasteiger charge is 2.07. The molecule has 17 heavy (non-hydrogen) atoms. The van der Waals surface area contributed by atoms with Crippen LogP contribution >= 0.6 is 0 Å². The number of nitrogens with zero attached hydrogens (tertiary/aromatic N) is 3. The van der Waals surface area contributed by atoms with E-state index < -0.39 is 0 Å². The minimum atomic E-state index is 0.217. The van der Waals surface area contributed by atoms with E-state index in [1.54, 1.807) is 13.2 Å². The van der Waals surface area contributed by atoms with Crippen LogP contribution in [-0.4, -0.2) is 45.5 Å². The molecule has 0 fully saturated rings. The quantitative estimate of drug-likeness (QED) is 0.548. The molecule has 0 spiro atoms. The van der Waals surface area contributed by atoms with Gasteiger partial charge in [-0.3, -0.25) is 5.10 Å². The first-order chi connectivity index (χ1) is 8.35. The number of aliphatic hydroxyl groups is 1. The van der Waals surface area contributed by atoms with Gasteiger partial charge >= 0.3 is 0 Å². The number of rotatable bonds is 6. The summed E-state index contributed by atoms with van der Waals surface area (Å²) in [5.74, 6) is 1.30. The monoisotopic (exact) mass is 236 g/mol. The van der Waals surface area contributed by atoms with Crippen LogP contribution in [0.3, 0.4) is 0 Å². The Balaban J connectivity index is 2.16. The fourth-order valence-electron chi connectivity index (χ4n) is 1.53. The minimum absolute atomic E-state index is 0.217. The maximum Gasteiger partial charge on any atom is 0.226 e. The highest BCUT2D eigenvalue weighted by Crippen LogP contribution is 2.19. The first-order valence-corrected chi connectivity index (χ1v) is 5.58. The predicted octanol–water partition coefficient (Wildman–Crippen LogP) is 0.579. The SMILES string of the molecule is CNc1nc(NCCCCO)c2cn[nH]c2n1. The van der Waals surface area contributed by atoms with Gasteiger partial charge < -0.3 is 15.7 Å². The molecular weight excluding hydrogens is 220 g/mol. The van der Waals surface area contributed by atoms with E-state index in [2.05, 4.69) is 30.8 Å². The molecule has 2 heterocycles. The van der Waals surface area contributed by atoms with Crippen LogP contribution in [-0.2, 0) is 0 Å². The second-order valence-corrected chi connectivity index (χ2v) is 3.64. The van der Waals surface area contributed by atoms with Crippen molar-refractivity contribution in [1.82, 2.24) is 20.2 Å². The lowest BCUT2D eigenvalue weighted by Gasteiger charge is -2.07. The molecule has 0 aliphatic rings. The zero-order chi connectivity index (χ0) is 12.1. The highest BCUT2D eigenvalue weighted by molar-refractivity contribution is 5.86. The van der Waals surface area contributed by atoms with Gasteiger partial charge in [0.2, 0.25) is 5.95 Å². The fraction of sp³-hybridized carbons (Fsp3) is 0.500. The van der Waals surface area contributed by atoms with Crippen LogP contribution in [0.1, 0.15) is 12.8 Å². The topological polar surface area (TPSA) is 98.8 Å². The van der Waals surface area contributed by atoms with Gasteiger partial charge in [-0.05, 0) is 12.8 Å². The van der Waals surface area contributed by atoms with E-state index in [0.717, 1.165) is 30.6 Å². The normalized spacial score (nSPS) is 10.7. The molecule has 0 radical (unpaired) electrons. The number of aromatic amines is 1. The zero-order valence-electron chi connectivity index (χ0n) is 9.69. The van der Waals surface area contributed by atoms with Crippen molar-refractivity contribution in [2.75, 3.05) is 30.8 Å². The molecule has 0 saturated heterocycles. The van der Waals surface area contributed by atoms with Crippen LogP contribution in [0.25, 0.3) is 11.0 Å². The average molecular weight is 236 g/mol. The number of fused-ring (bicyclic) bond motifs is 1. The Bertz CT molecular complexity index is 483. The molecule has 0 aromatic carbocycles. The van der Waals surface area contributed by atoms with Crippen molar-refractivity contribution in [2.45, 2.75) is 12.8 Å². The molecule has 7 nitrogen and oxygen atoms in total. The molecule has 2 aromatic heterocycles. The van der Waals surface area contributed by atoms with Gasteiger partial charge in [0.15, 0.2) is 5.65 Å². The summed E-state index contributed by atoms with van der Waals surface area (Å²) in [5, 5.41) is 22.5. The Morgan fingerprint density at radius 1 is 1.35 bits per heavy atom. The molecule has 0 bridgehead atoms. The van der Waals surface area contributed by atoms with Gasteiger partial charge in [0.25, 0.3) is 0 Å². The van der Waals surface area contributed by atoms with Crippen molar-refractivity contribution in [3.63, 3.8) is 0 Å². The summed E-state index contributed by atoms with van der Waals surface area (Å²) in [6.07, 6.45) is 3.38. The highest BCUT2D eigenvalue weighted by atomic mass is 16.2. The molecule has 92 valence electrons. The first-order valence-electron chi connectivity index (χ1n) is 5.58. The van der Waals surface area contributed by atoms with Crippen molar-refractivity contribution in [3.05, 3.63) is 6.20 Å². The van der Waals surface area contributed by atoms with Gasteiger partial charge in [-0.1, -0.05) is 0 Å². The lowest BCUT2D eigenvalue weighted by molar-refractivity contribution is 0.286. The maximum atomic E-state index is 8.71. The van der Waals surface area contributed by atoms with Crippen LogP contribution in [0.5, 0.6) is 0 Å². The molecule has 0 atom stereocenters. The number of anilines is 2. The van der Waals surface area contributed by atoms with Gasteiger partial charge in [-0.2, -0.15) is 15.1 Å². The summed E-state index contributed by atoms with van der Waals surface area (Å²) < 4.78 is 0. The van der Waals surface area contributed by atoms with Crippen molar-refractivity contribution in [1.29, 1.82) is 0 Å². The minimum Gasteiger partial charge on any atom is -0.396 e. The molecule has 0 aliphatic carbocycles. The molecule has 0 amide bonds. The lowest BCUT2D eigenvalue weighted by Crippen LogP contribution is -2.07. The summed E-state index contributed by atoms with van der Waals surface area (Å²) in [7, 11) is 1.77. The Labute approximate surface area is 98.7 Å². The molecule has 2 rings (SSSR count). The third-order valence-electron chi connectivity index (χ3n) is 2.41. The summed E-state index contributed by atoms with van der Waals surface area (Å²) in [6, 6.07) is 0. The van der Waals surface area contributed by atoms with E-state index in [1.807, 2.05) is 0 Å². The molecule has 7 heteroatoms. The van der Waals surface area contributed by atoms with E-state index in [4.69, 9.17) is 5.11 Å². The molecule has 2 aromatic rings. The fourth-order valence-corrected chi connectivity index (χ4v) is 1.53. The van der Waals surface area contributed by atoms with Gasteiger partial charge in [-0.15, -0.1) is 0 Å². The third-order valence-corrected chi connectivity index (χ3v) is 2.41. The molecule has 0 unspecified atom stereocenters. The van der Waals surface area contributed by atoms with Crippen LogP contribution < -0.4 is 10.6 Å². The molecule has 0 aliphatic heterocycles. The van der Waals surface area contributed by atoms with E-state index in [0.29, 0.717) is 11.6 Å². The third kappa shape index (κ3) is 2.62. The number of hydrogen-bond donors (Lipinski definition) is 4. The average Bonchev–Trinajstić information content (AvgIpc) is 2.82. The number of aliphatic hydroxyl groups excluding tert-OH is 1. The van der Waals surface area contributed by atoms with Crippen LogP contribution in [0.4, 0.5) is 11.8 Å². The van der Waals surface area contributed by atoms with Gasteiger partial charge in [0.1, 0.15) is 5.82 Å². The summed E-state index contributed by atoms with van der Waals surface area (Å²) in [6.45, 7) is 0.981. The molecule has 0 saturated carbocycles. The second-order valence-electron chi connectivity index (χ2n) is 3.64. The smallest absolute Gasteiger partial charge is 0.226 e. The Morgan fingerprint density at radius 3 is 3.00 bits per heavy atom. The van der Waals surface area contributed by atoms with Crippen molar-refractivity contribution in [3.8, 4) is 0 Å². The number of aromatic nitrogens is 4. The zero-order valence-corrected chi connectivity index (χ0v) is 9.69. The van der Waals surface area contributed by atoms with Crippen LogP contribution in [0.15, 0.2) is 6.20 Å². The summed E-state index contributed by atoms with van der Waals surface area (Å²) >= 11 is 0. The number of hydrogen-bond acceptors (Lipinski definition) is 6. The summed E-state index contributed by atoms with van der Waals surface area (Å²) in [5.41, 5.74) is 0.703. The lowest BCUT2D eigenvalue weighted by atomic mass is 10.3. The van der Waals surface area contributed by atoms with Crippen LogP contribution in [0, 0.1) is 0 Å². The van der Waals surface area contributed by atoms with E-state index >= 15 is 0 Å². The molecule has 4 N–H and O–H groups in total. The van der Waals surface area contributed by atoms with Crippen molar-refractivity contribution >= 4 is 22.8 Å². The molecular formula is C10H16N6O. The van der Waals surface area contributed by atoms with Crippen LogP contribution in [0.2, 0.25) is 0 Å². The number of nitrogens with one attached hydrogen (secondary N) is 3. The summed E-state index contributed by atoms with van der Waals surface area (Å²) in [4.78, 5) is 8.57. The standard InChI is InChI=1S/C10H16N6O/c1-11-10-14-8(12-4-2-3-5-17)7-6-13-16-9(7)15-10/h6,17H,2-5H2,1H3,(H3,11,12,13,14,15,16). The predicted molar refractivity (Wildman–Crippen MR) is 66.0 cm³/mol. The first kappa shape index (κ1) is 11.6. The van der Waals surface area contributed by atoms with Gasteiger partial charge in [0.05, 0.1) is 11.6 Å². The Hall–Kier alpha value is -1.89. The Morgan fingerprint density at radius 2 is 2.24 bits per heavy atom. The maximum absolute atomic E-state index is 8.71. The Kier molecular flexibility index (Phi) is 3.71.